The highest BCUT2D eigenvalue weighted by molar-refractivity contribution is 5.94. The zero-order chi connectivity index (χ0) is 12.1. The second-order valence-corrected chi connectivity index (χ2v) is 3.30. The van der Waals surface area contributed by atoms with Crippen LogP contribution in [-0.2, 0) is 4.79 Å². The zero-order valence-corrected chi connectivity index (χ0v) is 8.97. The average Bonchev–Trinajstić information content (AvgIpc) is 2.62. The Labute approximate surface area is 93.0 Å². The molecule has 1 heterocycles. The molecule has 1 N–H and O–H groups in total. The predicted octanol–water partition coefficient (Wildman–Crippen LogP) is 1.30. The summed E-state index contributed by atoms with van der Waals surface area (Å²) in [6.45, 7) is 5.00. The first-order valence-corrected chi connectivity index (χ1v) is 4.72. The standard InChI is InChI=1S/C11H13NO4/c1-3-5-12(7-9(13)14)11(15)10-8(2)4-6-16-10/h3-4,6H,1,5,7H2,2H3,(H,13,14). The van der Waals surface area contributed by atoms with Crippen LogP contribution >= 0.6 is 0 Å². The molecular weight excluding hydrogens is 210 g/mol. The normalized spacial score (nSPS) is 9.81. The van der Waals surface area contributed by atoms with E-state index in [0.717, 1.165) is 4.90 Å². The molecule has 16 heavy (non-hydrogen) atoms. The summed E-state index contributed by atoms with van der Waals surface area (Å²) in [5.74, 6) is -1.34. The van der Waals surface area contributed by atoms with Crippen molar-refractivity contribution in [2.24, 2.45) is 0 Å². The second kappa shape index (κ2) is 5.16. The first-order valence-electron chi connectivity index (χ1n) is 4.72. The van der Waals surface area contributed by atoms with Gasteiger partial charge in [-0.15, -0.1) is 6.58 Å². The average molecular weight is 223 g/mol. The number of aryl methyl sites for hydroxylation is 1. The van der Waals surface area contributed by atoms with Crippen LogP contribution in [0.5, 0.6) is 0 Å². The van der Waals surface area contributed by atoms with Crippen LogP contribution in [0.4, 0.5) is 0 Å². The van der Waals surface area contributed by atoms with E-state index in [1.54, 1.807) is 13.0 Å². The number of nitrogens with zero attached hydrogens (tertiary/aromatic N) is 1. The molecule has 1 aromatic rings. The van der Waals surface area contributed by atoms with Crippen molar-refractivity contribution in [3.8, 4) is 0 Å². The fraction of sp³-hybridized carbons (Fsp3) is 0.273. The van der Waals surface area contributed by atoms with Crippen LogP contribution in [0.2, 0.25) is 0 Å². The van der Waals surface area contributed by atoms with Crippen molar-refractivity contribution in [2.45, 2.75) is 6.92 Å². The number of amides is 1. The monoisotopic (exact) mass is 223 g/mol. The molecule has 1 rings (SSSR count). The Balaban J connectivity index is 2.86. The van der Waals surface area contributed by atoms with Gasteiger partial charge in [0, 0.05) is 12.1 Å². The molecular formula is C11H13NO4. The molecule has 1 amide bonds. The summed E-state index contributed by atoms with van der Waals surface area (Å²) in [6, 6.07) is 1.65. The van der Waals surface area contributed by atoms with Gasteiger partial charge in [-0.2, -0.15) is 0 Å². The molecule has 0 saturated carbocycles. The van der Waals surface area contributed by atoms with Gasteiger partial charge >= 0.3 is 5.97 Å². The van der Waals surface area contributed by atoms with Crippen molar-refractivity contribution in [1.29, 1.82) is 0 Å². The van der Waals surface area contributed by atoms with Gasteiger partial charge in [-0.3, -0.25) is 9.59 Å². The molecule has 5 nitrogen and oxygen atoms in total. The van der Waals surface area contributed by atoms with Crippen LogP contribution in [0, 0.1) is 6.92 Å². The molecule has 0 aliphatic carbocycles. The topological polar surface area (TPSA) is 70.8 Å². The number of hydrogen-bond acceptors (Lipinski definition) is 3. The maximum absolute atomic E-state index is 11.9. The van der Waals surface area contributed by atoms with Gasteiger partial charge in [0.1, 0.15) is 6.54 Å². The van der Waals surface area contributed by atoms with Crippen LogP contribution in [0.25, 0.3) is 0 Å². The minimum Gasteiger partial charge on any atom is -0.480 e. The first-order chi connectivity index (χ1) is 7.56. The van der Waals surface area contributed by atoms with Gasteiger partial charge in [0.05, 0.1) is 6.26 Å². The van der Waals surface area contributed by atoms with Crippen molar-refractivity contribution < 1.29 is 19.1 Å². The molecule has 0 radical (unpaired) electrons. The van der Waals surface area contributed by atoms with Crippen LogP contribution in [0.3, 0.4) is 0 Å². The van der Waals surface area contributed by atoms with Crippen molar-refractivity contribution in [3.05, 3.63) is 36.3 Å². The highest BCUT2D eigenvalue weighted by Crippen LogP contribution is 2.11. The number of furan rings is 1. The molecule has 0 aromatic carbocycles. The van der Waals surface area contributed by atoms with Crippen LogP contribution in [0.15, 0.2) is 29.4 Å². The third-order valence-corrected chi connectivity index (χ3v) is 2.02. The van der Waals surface area contributed by atoms with Gasteiger partial charge in [-0.05, 0) is 13.0 Å². The molecule has 5 heteroatoms. The maximum Gasteiger partial charge on any atom is 0.323 e. The fourth-order valence-corrected chi connectivity index (χ4v) is 1.27. The van der Waals surface area contributed by atoms with Crippen molar-refractivity contribution >= 4 is 11.9 Å². The van der Waals surface area contributed by atoms with Crippen molar-refractivity contribution in [3.63, 3.8) is 0 Å². The fourth-order valence-electron chi connectivity index (χ4n) is 1.27. The molecule has 86 valence electrons. The molecule has 0 atom stereocenters. The molecule has 1 aromatic heterocycles. The van der Waals surface area contributed by atoms with Gasteiger partial charge in [-0.1, -0.05) is 6.08 Å². The van der Waals surface area contributed by atoms with E-state index in [9.17, 15) is 9.59 Å². The summed E-state index contributed by atoms with van der Waals surface area (Å²) in [5.41, 5.74) is 0.685. The Bertz CT molecular complexity index is 408. The number of rotatable bonds is 5. The number of carboxylic acids is 1. The van der Waals surface area contributed by atoms with Crippen molar-refractivity contribution in [2.75, 3.05) is 13.1 Å². The zero-order valence-electron chi connectivity index (χ0n) is 8.97. The van der Waals surface area contributed by atoms with E-state index in [4.69, 9.17) is 9.52 Å². The molecule has 0 fully saturated rings. The lowest BCUT2D eigenvalue weighted by Crippen LogP contribution is -2.35. The third-order valence-electron chi connectivity index (χ3n) is 2.02. The van der Waals surface area contributed by atoms with Crippen LogP contribution in [-0.4, -0.2) is 35.0 Å². The Morgan fingerprint density at radius 1 is 1.62 bits per heavy atom. The van der Waals surface area contributed by atoms with Gasteiger partial charge in [-0.25, -0.2) is 0 Å². The molecule has 0 unspecified atom stereocenters. The highest BCUT2D eigenvalue weighted by atomic mass is 16.4. The summed E-state index contributed by atoms with van der Waals surface area (Å²) in [7, 11) is 0. The Kier molecular flexibility index (Phi) is 3.88. The third kappa shape index (κ3) is 2.73. The van der Waals surface area contributed by atoms with Crippen molar-refractivity contribution in [1.82, 2.24) is 4.90 Å². The largest absolute Gasteiger partial charge is 0.480 e. The number of hydrogen-bond donors (Lipinski definition) is 1. The predicted molar refractivity (Wildman–Crippen MR) is 57.2 cm³/mol. The van der Waals surface area contributed by atoms with E-state index in [1.165, 1.54) is 12.3 Å². The van der Waals surface area contributed by atoms with E-state index in [-0.39, 0.29) is 18.8 Å². The summed E-state index contributed by atoms with van der Waals surface area (Å²) in [4.78, 5) is 23.6. The van der Waals surface area contributed by atoms with E-state index in [2.05, 4.69) is 6.58 Å². The molecule has 0 spiro atoms. The Morgan fingerprint density at radius 3 is 2.75 bits per heavy atom. The minimum atomic E-state index is -1.07. The maximum atomic E-state index is 11.9. The molecule has 0 aliphatic rings. The van der Waals surface area contributed by atoms with E-state index >= 15 is 0 Å². The summed E-state index contributed by atoms with van der Waals surface area (Å²) >= 11 is 0. The lowest BCUT2D eigenvalue weighted by Gasteiger charge is -2.17. The van der Waals surface area contributed by atoms with Gasteiger partial charge in [0.2, 0.25) is 0 Å². The van der Waals surface area contributed by atoms with E-state index in [0.29, 0.717) is 5.56 Å². The van der Waals surface area contributed by atoms with E-state index < -0.39 is 11.9 Å². The molecule has 0 saturated heterocycles. The summed E-state index contributed by atoms with van der Waals surface area (Å²) < 4.78 is 5.02. The minimum absolute atomic E-state index is 0.170. The molecule has 0 aliphatic heterocycles. The summed E-state index contributed by atoms with van der Waals surface area (Å²) in [6.07, 6.45) is 2.87. The lowest BCUT2D eigenvalue weighted by molar-refractivity contribution is -0.137. The summed E-state index contributed by atoms with van der Waals surface area (Å²) in [5, 5.41) is 8.67. The Morgan fingerprint density at radius 2 is 2.31 bits per heavy atom. The second-order valence-electron chi connectivity index (χ2n) is 3.30. The van der Waals surface area contributed by atoms with Crippen LogP contribution in [0.1, 0.15) is 16.1 Å². The SMILES string of the molecule is C=CCN(CC(=O)O)C(=O)c1occc1C. The van der Waals surface area contributed by atoms with Gasteiger partial charge < -0.3 is 14.4 Å². The highest BCUT2D eigenvalue weighted by Gasteiger charge is 2.21. The van der Waals surface area contributed by atoms with Crippen LogP contribution < -0.4 is 0 Å². The molecule has 0 bridgehead atoms. The number of carbonyl (C=O) groups is 2. The van der Waals surface area contributed by atoms with Gasteiger partial charge in [0.25, 0.3) is 5.91 Å². The number of aliphatic carboxylic acids is 1. The Hall–Kier alpha value is -2.04. The first kappa shape index (κ1) is 12.0. The smallest absolute Gasteiger partial charge is 0.323 e. The van der Waals surface area contributed by atoms with E-state index in [1.807, 2.05) is 0 Å². The number of carboxylic acid groups (broad SMARTS) is 1. The quantitative estimate of drug-likeness (QED) is 0.764. The number of carbonyl (C=O) groups excluding carboxylic acids is 1. The van der Waals surface area contributed by atoms with Gasteiger partial charge in [0.15, 0.2) is 5.76 Å². The lowest BCUT2D eigenvalue weighted by atomic mass is 10.2.